The zero-order valence-electron chi connectivity index (χ0n) is 19.9. The molecule has 5 rings (SSSR count). The first-order chi connectivity index (χ1) is 17.2. The van der Waals surface area contributed by atoms with Crippen molar-refractivity contribution in [1.82, 2.24) is 4.90 Å². The van der Waals surface area contributed by atoms with Crippen LogP contribution in [0.5, 0.6) is 11.5 Å². The summed E-state index contributed by atoms with van der Waals surface area (Å²) in [6.07, 6.45) is 0. The molecule has 1 aliphatic heterocycles. The lowest BCUT2D eigenvalue weighted by molar-refractivity contribution is 0.0322. The highest BCUT2D eigenvalue weighted by atomic mass is 16.5. The summed E-state index contributed by atoms with van der Waals surface area (Å²) in [5.74, 6) is 1.52. The van der Waals surface area contributed by atoms with Crippen LogP contribution in [0.4, 0.5) is 0 Å². The Bertz CT molecular complexity index is 1300. The smallest absolute Gasteiger partial charge is 0.194 e. The van der Waals surface area contributed by atoms with Gasteiger partial charge >= 0.3 is 0 Å². The lowest BCUT2D eigenvalue weighted by Crippen LogP contribution is -2.38. The van der Waals surface area contributed by atoms with Crippen LogP contribution in [0, 0.1) is 0 Å². The maximum absolute atomic E-state index is 13.9. The summed E-state index contributed by atoms with van der Waals surface area (Å²) in [7, 11) is 1.65. The van der Waals surface area contributed by atoms with Crippen LogP contribution in [0.15, 0.2) is 84.9 Å². The first-order valence-corrected chi connectivity index (χ1v) is 12.0. The van der Waals surface area contributed by atoms with Crippen LogP contribution in [0.1, 0.15) is 15.9 Å². The molecule has 1 heterocycles. The molecule has 0 radical (unpaired) electrons. The van der Waals surface area contributed by atoms with Gasteiger partial charge in [-0.05, 0) is 64.4 Å². The monoisotopic (exact) mass is 467 g/mol. The number of nitrogens with zero attached hydrogens (tertiary/aromatic N) is 1. The molecule has 5 nitrogen and oxygen atoms in total. The third-order valence-corrected chi connectivity index (χ3v) is 6.44. The number of ether oxygens (including phenoxy) is 3. The normalized spacial score (nSPS) is 14.1. The Morgan fingerprint density at radius 1 is 0.886 bits per heavy atom. The highest BCUT2D eigenvalue weighted by Crippen LogP contribution is 2.34. The van der Waals surface area contributed by atoms with Crippen molar-refractivity contribution >= 4 is 16.6 Å². The van der Waals surface area contributed by atoms with Crippen LogP contribution in [0.3, 0.4) is 0 Å². The molecule has 1 saturated heterocycles. The molecule has 4 aromatic carbocycles. The molecule has 1 fully saturated rings. The van der Waals surface area contributed by atoms with E-state index in [0.717, 1.165) is 66.2 Å². The van der Waals surface area contributed by atoms with Crippen molar-refractivity contribution in [3.05, 3.63) is 96.1 Å². The van der Waals surface area contributed by atoms with Crippen molar-refractivity contribution in [1.29, 1.82) is 0 Å². The molecule has 4 aromatic rings. The highest BCUT2D eigenvalue weighted by Gasteiger charge is 2.19. The molecule has 0 aromatic heterocycles. The minimum absolute atomic E-state index is 0.0144. The minimum atomic E-state index is -0.0144. The van der Waals surface area contributed by atoms with E-state index in [0.29, 0.717) is 17.7 Å². The second-order valence-electron chi connectivity index (χ2n) is 8.60. The molecule has 5 heteroatoms. The zero-order valence-corrected chi connectivity index (χ0v) is 19.9. The van der Waals surface area contributed by atoms with Gasteiger partial charge in [0.2, 0.25) is 0 Å². The number of morpholine rings is 1. The number of ketones is 1. The molecule has 0 N–H and O–H groups in total. The number of hydrogen-bond acceptors (Lipinski definition) is 5. The van der Waals surface area contributed by atoms with Crippen LogP contribution in [-0.4, -0.2) is 57.2 Å². The van der Waals surface area contributed by atoms with E-state index in [1.165, 1.54) is 0 Å². The van der Waals surface area contributed by atoms with Crippen molar-refractivity contribution in [3.8, 4) is 22.6 Å². The number of hydrogen-bond donors (Lipinski definition) is 0. The molecule has 0 spiro atoms. The Morgan fingerprint density at radius 2 is 1.63 bits per heavy atom. The number of carbonyl (C=O) groups is 1. The fourth-order valence-corrected chi connectivity index (χ4v) is 4.50. The molecule has 0 aliphatic carbocycles. The van der Waals surface area contributed by atoms with Gasteiger partial charge in [-0.15, -0.1) is 0 Å². The van der Waals surface area contributed by atoms with Crippen LogP contribution in [0.25, 0.3) is 21.9 Å². The van der Waals surface area contributed by atoms with Crippen molar-refractivity contribution in [2.75, 3.05) is 46.6 Å². The largest absolute Gasteiger partial charge is 0.497 e. The Kier molecular flexibility index (Phi) is 7.07. The highest BCUT2D eigenvalue weighted by molar-refractivity contribution is 6.20. The molecular weight excluding hydrogens is 438 g/mol. The Labute approximate surface area is 205 Å². The predicted molar refractivity (Wildman–Crippen MR) is 139 cm³/mol. The SMILES string of the molecule is COc1ccc2c(C(=O)c3ccc(OCCN4CCOCC4)cc3)c(-c3ccccc3)ccc2c1. The molecule has 1 aliphatic rings. The summed E-state index contributed by atoms with van der Waals surface area (Å²) in [4.78, 5) is 16.2. The summed E-state index contributed by atoms with van der Waals surface area (Å²) in [5, 5.41) is 1.87. The van der Waals surface area contributed by atoms with E-state index in [9.17, 15) is 4.79 Å². The van der Waals surface area contributed by atoms with Gasteiger partial charge in [0.1, 0.15) is 18.1 Å². The van der Waals surface area contributed by atoms with Gasteiger partial charge in [-0.1, -0.05) is 42.5 Å². The van der Waals surface area contributed by atoms with E-state index in [-0.39, 0.29) is 5.78 Å². The van der Waals surface area contributed by atoms with E-state index >= 15 is 0 Å². The first kappa shape index (κ1) is 23.1. The van der Waals surface area contributed by atoms with Crippen molar-refractivity contribution in [3.63, 3.8) is 0 Å². The summed E-state index contributed by atoms with van der Waals surface area (Å²) in [5.41, 5.74) is 3.25. The Hall–Kier alpha value is -3.67. The van der Waals surface area contributed by atoms with E-state index in [2.05, 4.69) is 4.90 Å². The van der Waals surface area contributed by atoms with E-state index in [4.69, 9.17) is 14.2 Å². The van der Waals surface area contributed by atoms with Crippen LogP contribution < -0.4 is 9.47 Å². The molecule has 0 bridgehead atoms. The van der Waals surface area contributed by atoms with Gasteiger partial charge in [-0.25, -0.2) is 0 Å². The average molecular weight is 468 g/mol. The van der Waals surface area contributed by atoms with E-state index < -0.39 is 0 Å². The summed E-state index contributed by atoms with van der Waals surface area (Å²) in [6.45, 7) is 4.92. The lowest BCUT2D eigenvalue weighted by atomic mass is 9.89. The standard InChI is InChI=1S/C30H29NO4/c1-33-26-12-14-28-24(21-26)9-13-27(22-5-3-2-4-6-22)29(28)30(32)23-7-10-25(11-8-23)35-20-17-31-15-18-34-19-16-31/h2-14,21H,15-20H2,1H3. The molecule has 0 saturated carbocycles. The summed E-state index contributed by atoms with van der Waals surface area (Å²) in [6, 6.07) is 27.4. The first-order valence-electron chi connectivity index (χ1n) is 12.0. The average Bonchev–Trinajstić information content (AvgIpc) is 2.93. The van der Waals surface area contributed by atoms with Crippen molar-refractivity contribution < 1.29 is 19.0 Å². The van der Waals surface area contributed by atoms with Gasteiger partial charge in [0.25, 0.3) is 0 Å². The minimum Gasteiger partial charge on any atom is -0.497 e. The number of benzene rings is 4. The number of carbonyl (C=O) groups excluding carboxylic acids is 1. The topological polar surface area (TPSA) is 48.0 Å². The second-order valence-corrected chi connectivity index (χ2v) is 8.60. The Balaban J connectivity index is 1.42. The van der Waals surface area contributed by atoms with Crippen LogP contribution in [0.2, 0.25) is 0 Å². The molecular formula is C30H29NO4. The van der Waals surface area contributed by atoms with Gasteiger partial charge in [0, 0.05) is 30.8 Å². The fraction of sp³-hybridized carbons (Fsp3) is 0.233. The second kappa shape index (κ2) is 10.7. The Morgan fingerprint density at radius 3 is 2.37 bits per heavy atom. The third-order valence-electron chi connectivity index (χ3n) is 6.44. The summed E-state index contributed by atoms with van der Waals surface area (Å²) < 4.78 is 16.7. The quantitative estimate of drug-likeness (QED) is 0.322. The van der Waals surface area contributed by atoms with E-state index in [1.54, 1.807) is 7.11 Å². The fourth-order valence-electron chi connectivity index (χ4n) is 4.50. The van der Waals surface area contributed by atoms with Crippen molar-refractivity contribution in [2.45, 2.75) is 0 Å². The number of methoxy groups -OCH3 is 1. The molecule has 0 atom stereocenters. The molecule has 0 unspecified atom stereocenters. The lowest BCUT2D eigenvalue weighted by Gasteiger charge is -2.26. The van der Waals surface area contributed by atoms with Crippen LogP contribution >= 0.6 is 0 Å². The predicted octanol–water partition coefficient (Wildman–Crippen LogP) is 5.46. The van der Waals surface area contributed by atoms with Crippen LogP contribution in [-0.2, 0) is 4.74 Å². The van der Waals surface area contributed by atoms with Gasteiger partial charge in [0.15, 0.2) is 5.78 Å². The van der Waals surface area contributed by atoms with Gasteiger partial charge < -0.3 is 14.2 Å². The molecule has 0 amide bonds. The van der Waals surface area contributed by atoms with E-state index in [1.807, 2.05) is 84.9 Å². The maximum Gasteiger partial charge on any atom is 0.194 e. The molecule has 178 valence electrons. The van der Waals surface area contributed by atoms with Gasteiger partial charge in [-0.3, -0.25) is 9.69 Å². The number of rotatable bonds is 8. The zero-order chi connectivity index (χ0) is 24.0. The van der Waals surface area contributed by atoms with Gasteiger partial charge in [-0.2, -0.15) is 0 Å². The van der Waals surface area contributed by atoms with Crippen molar-refractivity contribution in [2.24, 2.45) is 0 Å². The third kappa shape index (κ3) is 5.21. The maximum atomic E-state index is 13.9. The number of fused-ring (bicyclic) bond motifs is 1. The summed E-state index contributed by atoms with van der Waals surface area (Å²) >= 11 is 0. The molecule has 35 heavy (non-hydrogen) atoms. The van der Waals surface area contributed by atoms with Gasteiger partial charge in [0.05, 0.1) is 20.3 Å².